The minimum absolute atomic E-state index is 0.130. The highest BCUT2D eigenvalue weighted by molar-refractivity contribution is 5.93. The molecule has 1 aliphatic rings. The van der Waals surface area contributed by atoms with Gasteiger partial charge in [-0.15, -0.1) is 0 Å². The molecule has 1 amide bonds. The van der Waals surface area contributed by atoms with Gasteiger partial charge in [0.15, 0.2) is 5.69 Å². The Labute approximate surface area is 110 Å². The van der Waals surface area contributed by atoms with Gasteiger partial charge in [0.05, 0.1) is 19.2 Å². The number of amides is 1. The lowest BCUT2D eigenvalue weighted by molar-refractivity contribution is -0.391. The number of aliphatic hydroxyl groups excluding tert-OH is 1. The molecule has 1 aliphatic carbocycles. The average molecular weight is 267 g/mol. The molecule has 104 valence electrons. The minimum Gasteiger partial charge on any atom is -0.391 e. The van der Waals surface area contributed by atoms with Crippen LogP contribution in [0.25, 0.3) is 0 Å². The van der Waals surface area contributed by atoms with E-state index in [-0.39, 0.29) is 23.5 Å². The molecule has 0 unspecified atom stereocenters. The van der Waals surface area contributed by atoms with E-state index in [0.29, 0.717) is 6.42 Å². The van der Waals surface area contributed by atoms with E-state index in [1.54, 1.807) is 0 Å². The van der Waals surface area contributed by atoms with Crippen LogP contribution in [0.2, 0.25) is 0 Å². The van der Waals surface area contributed by atoms with E-state index >= 15 is 0 Å². The summed E-state index contributed by atoms with van der Waals surface area (Å²) in [6, 6.07) is 2.45. The lowest BCUT2D eigenvalue weighted by Crippen LogP contribution is -2.45. The van der Waals surface area contributed by atoms with Crippen LogP contribution in [-0.2, 0) is 7.05 Å². The highest BCUT2D eigenvalue weighted by Gasteiger charge is 2.27. The molecule has 0 radical (unpaired) electrons. The third kappa shape index (κ3) is 2.76. The predicted octanol–water partition coefficient (Wildman–Crippen LogP) is 0.967. The summed E-state index contributed by atoms with van der Waals surface area (Å²) < 4.78 is 1.24. The molecule has 0 bridgehead atoms. The van der Waals surface area contributed by atoms with Crippen LogP contribution in [0.1, 0.15) is 36.2 Å². The van der Waals surface area contributed by atoms with Gasteiger partial charge in [-0.1, -0.05) is 12.8 Å². The van der Waals surface area contributed by atoms with E-state index in [4.69, 9.17) is 0 Å². The molecule has 0 spiro atoms. The van der Waals surface area contributed by atoms with Crippen LogP contribution in [0.4, 0.5) is 5.82 Å². The molecule has 2 N–H and O–H groups in total. The van der Waals surface area contributed by atoms with Crippen LogP contribution in [0, 0.1) is 10.1 Å². The topological polar surface area (TPSA) is 97.4 Å². The van der Waals surface area contributed by atoms with Crippen molar-refractivity contribution in [1.82, 2.24) is 9.88 Å². The molecule has 1 fully saturated rings. The smallest absolute Gasteiger partial charge is 0.323 e. The van der Waals surface area contributed by atoms with E-state index in [1.165, 1.54) is 23.7 Å². The minimum atomic E-state index is -0.535. The quantitative estimate of drug-likeness (QED) is 0.629. The van der Waals surface area contributed by atoms with Crippen molar-refractivity contribution in [3.05, 3.63) is 27.9 Å². The fourth-order valence-electron chi connectivity index (χ4n) is 2.43. The number of aliphatic hydroxyl groups is 1. The van der Waals surface area contributed by atoms with Crippen molar-refractivity contribution in [1.29, 1.82) is 0 Å². The molecule has 7 heteroatoms. The van der Waals surface area contributed by atoms with Gasteiger partial charge in [-0.05, 0) is 23.8 Å². The van der Waals surface area contributed by atoms with Crippen molar-refractivity contribution < 1.29 is 14.8 Å². The van der Waals surface area contributed by atoms with Crippen LogP contribution in [0.15, 0.2) is 12.1 Å². The summed E-state index contributed by atoms with van der Waals surface area (Å²) in [5, 5.41) is 23.3. The lowest BCUT2D eigenvalue weighted by atomic mass is 9.92. The molecule has 2 rings (SSSR count). The second-order valence-corrected chi connectivity index (χ2v) is 4.82. The molecular formula is C12H17N3O4. The third-order valence-electron chi connectivity index (χ3n) is 3.56. The third-order valence-corrected chi connectivity index (χ3v) is 3.56. The van der Waals surface area contributed by atoms with E-state index in [0.717, 1.165) is 19.3 Å². The second kappa shape index (κ2) is 5.40. The molecule has 0 aromatic carbocycles. The molecule has 2 atom stereocenters. The number of nitrogens with zero attached hydrogens (tertiary/aromatic N) is 2. The van der Waals surface area contributed by atoms with Gasteiger partial charge in [-0.25, -0.2) is 4.57 Å². The van der Waals surface area contributed by atoms with Gasteiger partial charge in [0.1, 0.15) is 0 Å². The number of hydrogen-bond acceptors (Lipinski definition) is 4. The van der Waals surface area contributed by atoms with Crippen molar-refractivity contribution >= 4 is 11.7 Å². The van der Waals surface area contributed by atoms with Gasteiger partial charge in [0.2, 0.25) is 0 Å². The molecule has 1 aromatic rings. The fourth-order valence-corrected chi connectivity index (χ4v) is 2.43. The first-order chi connectivity index (χ1) is 9.00. The first-order valence-corrected chi connectivity index (χ1v) is 6.29. The Morgan fingerprint density at radius 2 is 2.16 bits per heavy atom. The van der Waals surface area contributed by atoms with Gasteiger partial charge in [0.25, 0.3) is 5.91 Å². The Balaban J connectivity index is 2.09. The standard InChI is InChI=1S/C12H17N3O4/c1-14-9(6-7-11(14)15(18)19)12(17)13-8-4-2-3-5-10(8)16/h6-8,10,16H,2-5H2,1H3,(H,13,17)/t8-,10-/m1/s1. The Kier molecular flexibility index (Phi) is 3.84. The maximum Gasteiger partial charge on any atom is 0.323 e. The zero-order chi connectivity index (χ0) is 14.0. The first kappa shape index (κ1) is 13.5. The summed E-state index contributed by atoms with van der Waals surface area (Å²) in [5.74, 6) is -0.518. The number of nitro groups is 1. The Bertz CT molecular complexity index is 497. The van der Waals surface area contributed by atoms with Gasteiger partial charge < -0.3 is 20.5 Å². The SMILES string of the molecule is Cn1c(C(=O)N[C@@H]2CCCC[C@H]2O)ccc1[N+](=O)[O-]. The fraction of sp³-hybridized carbons (Fsp3) is 0.583. The van der Waals surface area contributed by atoms with Crippen molar-refractivity contribution in [2.75, 3.05) is 0 Å². The van der Waals surface area contributed by atoms with Gasteiger partial charge >= 0.3 is 5.82 Å². The zero-order valence-electron chi connectivity index (χ0n) is 10.7. The van der Waals surface area contributed by atoms with Crippen LogP contribution in [0.5, 0.6) is 0 Å². The summed E-state index contributed by atoms with van der Waals surface area (Å²) >= 11 is 0. The van der Waals surface area contributed by atoms with Gasteiger partial charge in [0, 0.05) is 6.07 Å². The molecule has 19 heavy (non-hydrogen) atoms. The van der Waals surface area contributed by atoms with Crippen molar-refractivity contribution in [2.45, 2.75) is 37.8 Å². The summed E-state index contributed by atoms with van der Waals surface area (Å²) in [6.45, 7) is 0. The maximum absolute atomic E-state index is 12.0. The van der Waals surface area contributed by atoms with Gasteiger partial charge in [-0.3, -0.25) is 4.79 Å². The molecule has 0 aliphatic heterocycles. The van der Waals surface area contributed by atoms with Crippen molar-refractivity contribution in [3.63, 3.8) is 0 Å². The summed E-state index contributed by atoms with van der Waals surface area (Å²) in [5.41, 5.74) is 0.226. The number of nitrogens with one attached hydrogen (secondary N) is 1. The van der Waals surface area contributed by atoms with Gasteiger partial charge in [-0.2, -0.15) is 0 Å². The van der Waals surface area contributed by atoms with E-state index < -0.39 is 11.0 Å². The number of carbonyl (C=O) groups is 1. The highest BCUT2D eigenvalue weighted by Crippen LogP contribution is 2.20. The molecule has 7 nitrogen and oxygen atoms in total. The van der Waals surface area contributed by atoms with Crippen molar-refractivity contribution in [2.24, 2.45) is 7.05 Å². The van der Waals surface area contributed by atoms with Crippen molar-refractivity contribution in [3.8, 4) is 0 Å². The molecule has 1 saturated carbocycles. The highest BCUT2D eigenvalue weighted by atomic mass is 16.6. The zero-order valence-corrected chi connectivity index (χ0v) is 10.7. The number of carbonyl (C=O) groups excluding carboxylic acids is 1. The predicted molar refractivity (Wildman–Crippen MR) is 67.8 cm³/mol. The molecule has 1 aromatic heterocycles. The van der Waals surface area contributed by atoms with Crippen LogP contribution in [0.3, 0.4) is 0 Å². The summed E-state index contributed by atoms with van der Waals surface area (Å²) in [7, 11) is 1.48. The number of aromatic nitrogens is 1. The first-order valence-electron chi connectivity index (χ1n) is 6.29. The normalized spacial score (nSPS) is 23.1. The Morgan fingerprint density at radius 1 is 1.47 bits per heavy atom. The van der Waals surface area contributed by atoms with Crippen LogP contribution >= 0.6 is 0 Å². The lowest BCUT2D eigenvalue weighted by Gasteiger charge is -2.27. The van der Waals surface area contributed by atoms with Crippen LogP contribution < -0.4 is 5.32 Å². The monoisotopic (exact) mass is 267 g/mol. The number of hydrogen-bond donors (Lipinski definition) is 2. The average Bonchev–Trinajstić information content (AvgIpc) is 2.74. The Morgan fingerprint density at radius 3 is 2.74 bits per heavy atom. The molecular weight excluding hydrogens is 250 g/mol. The molecule has 1 heterocycles. The van der Waals surface area contributed by atoms with E-state index in [9.17, 15) is 20.0 Å². The van der Waals surface area contributed by atoms with E-state index in [1.807, 2.05) is 0 Å². The van der Waals surface area contributed by atoms with Crippen LogP contribution in [-0.4, -0.2) is 32.6 Å². The summed E-state index contributed by atoms with van der Waals surface area (Å²) in [4.78, 5) is 22.2. The largest absolute Gasteiger partial charge is 0.391 e. The second-order valence-electron chi connectivity index (χ2n) is 4.82. The Hall–Kier alpha value is -1.89. The molecule has 0 saturated heterocycles. The van der Waals surface area contributed by atoms with E-state index in [2.05, 4.69) is 5.32 Å². The summed E-state index contributed by atoms with van der Waals surface area (Å²) in [6.07, 6.45) is 2.81. The maximum atomic E-state index is 12.0. The number of rotatable bonds is 3.